The molecule has 0 radical (unpaired) electrons. The van der Waals surface area contributed by atoms with Crippen molar-refractivity contribution in [1.82, 2.24) is 9.47 Å². The third kappa shape index (κ3) is 5.87. The van der Waals surface area contributed by atoms with Crippen molar-refractivity contribution in [3.8, 4) is 5.69 Å². The van der Waals surface area contributed by atoms with Crippen molar-refractivity contribution in [1.29, 1.82) is 0 Å². The zero-order chi connectivity index (χ0) is 27.6. The number of aromatic carboxylic acids is 1. The Morgan fingerprint density at radius 2 is 1.84 bits per heavy atom. The number of carbonyl (C=O) groups excluding carboxylic acids is 2. The van der Waals surface area contributed by atoms with E-state index in [9.17, 15) is 24.3 Å². The summed E-state index contributed by atoms with van der Waals surface area (Å²) in [5, 5.41) is 14.9. The van der Waals surface area contributed by atoms with E-state index in [0.717, 1.165) is 16.7 Å². The van der Waals surface area contributed by atoms with E-state index in [-0.39, 0.29) is 24.3 Å². The molecule has 1 aliphatic rings. The van der Waals surface area contributed by atoms with Crippen LogP contribution in [0.4, 0.5) is 20.6 Å². The van der Waals surface area contributed by atoms with Gasteiger partial charge in [0.05, 0.1) is 17.5 Å². The van der Waals surface area contributed by atoms with Gasteiger partial charge in [-0.1, -0.05) is 11.6 Å². The largest absolute Gasteiger partial charge is 0.477 e. The molecule has 198 valence electrons. The third-order valence-electron chi connectivity index (χ3n) is 5.96. The number of methoxy groups -OCH3 is 1. The normalized spacial score (nSPS) is 16.8. The fourth-order valence-corrected chi connectivity index (χ4v) is 4.59. The van der Waals surface area contributed by atoms with E-state index in [0.29, 0.717) is 15.2 Å². The summed E-state index contributed by atoms with van der Waals surface area (Å²) in [5.41, 5.74) is -0.994. The van der Waals surface area contributed by atoms with E-state index in [1.54, 1.807) is 24.3 Å². The number of nitrogens with one attached hydrogen (secondary N) is 2. The number of nitrogens with zero attached hydrogens (tertiary/aromatic N) is 2. The van der Waals surface area contributed by atoms with E-state index >= 15 is 4.39 Å². The summed E-state index contributed by atoms with van der Waals surface area (Å²) in [7, 11) is 1.47. The number of likely N-dealkylation sites (tertiary alicyclic amines) is 1. The molecule has 38 heavy (non-hydrogen) atoms. The summed E-state index contributed by atoms with van der Waals surface area (Å²) >= 11 is 9.02. The molecule has 0 spiro atoms. The predicted molar refractivity (Wildman–Crippen MR) is 142 cm³/mol. The molecule has 1 fully saturated rings. The number of ether oxygens (including phenoxy) is 1. The molecule has 0 aliphatic carbocycles. The molecule has 0 bridgehead atoms. The number of hydrogen-bond acceptors (Lipinski definition) is 5. The smallest absolute Gasteiger partial charge is 0.341 e. The van der Waals surface area contributed by atoms with Crippen LogP contribution in [0, 0.1) is 5.82 Å². The zero-order valence-corrected chi connectivity index (χ0v) is 22.1. The summed E-state index contributed by atoms with van der Waals surface area (Å²) in [6.45, 7) is 0.146. The van der Waals surface area contributed by atoms with Gasteiger partial charge in [0.2, 0.25) is 5.91 Å². The number of carbonyl (C=O) groups is 3. The number of halogens is 3. The van der Waals surface area contributed by atoms with E-state index in [4.69, 9.17) is 16.3 Å². The Kier molecular flexibility index (Phi) is 8.14. The lowest BCUT2D eigenvalue weighted by Gasteiger charge is -2.24. The Morgan fingerprint density at radius 1 is 1.13 bits per heavy atom. The molecule has 10 nitrogen and oxygen atoms in total. The van der Waals surface area contributed by atoms with Gasteiger partial charge in [-0.15, -0.1) is 0 Å². The van der Waals surface area contributed by atoms with Crippen LogP contribution >= 0.6 is 27.5 Å². The number of anilines is 2. The van der Waals surface area contributed by atoms with Gasteiger partial charge in [0.15, 0.2) is 0 Å². The van der Waals surface area contributed by atoms with Crippen molar-refractivity contribution in [2.75, 3.05) is 24.3 Å². The van der Waals surface area contributed by atoms with Gasteiger partial charge in [-0.25, -0.2) is 14.0 Å². The van der Waals surface area contributed by atoms with Crippen LogP contribution in [0.5, 0.6) is 0 Å². The van der Waals surface area contributed by atoms with Crippen LogP contribution in [-0.2, 0) is 9.53 Å². The van der Waals surface area contributed by atoms with Crippen LogP contribution in [0.15, 0.2) is 64.0 Å². The number of aromatic nitrogens is 1. The van der Waals surface area contributed by atoms with Gasteiger partial charge in [0, 0.05) is 47.5 Å². The Morgan fingerprint density at radius 3 is 2.47 bits per heavy atom. The lowest BCUT2D eigenvalue weighted by Crippen LogP contribution is -2.45. The summed E-state index contributed by atoms with van der Waals surface area (Å²) in [5.74, 6) is -2.92. The van der Waals surface area contributed by atoms with Crippen molar-refractivity contribution in [3.05, 3.63) is 86.0 Å². The fourth-order valence-electron chi connectivity index (χ4n) is 4.03. The molecule has 3 aromatic rings. The third-order valence-corrected chi connectivity index (χ3v) is 6.64. The number of pyridine rings is 1. The Balaban J connectivity index is 1.54. The SMILES string of the molecule is COC1CC(C(=O)Nc2ccc(-n3cc(Br)cc(C(=O)O)c3=O)cc2F)N(C(=O)Nc2ccc(Cl)cc2)C1. The molecule has 13 heteroatoms. The molecule has 2 atom stereocenters. The standard InChI is InChI=1S/C25H21BrClFN4O6/c1-38-17-10-21(32(12-17)25(37)29-15-4-2-14(27)3-5-15)22(33)30-20-7-6-16(9-19(20)28)31-11-13(26)8-18(23(31)34)24(35)36/h2-9,11,17,21H,10,12H2,1H3,(H,29,37)(H,30,33)(H,35,36). The highest BCUT2D eigenvalue weighted by Crippen LogP contribution is 2.25. The molecule has 0 saturated carbocycles. The second kappa shape index (κ2) is 11.3. The van der Waals surface area contributed by atoms with Crippen molar-refractivity contribution in [2.45, 2.75) is 18.6 Å². The van der Waals surface area contributed by atoms with Crippen LogP contribution in [0.3, 0.4) is 0 Å². The molecular formula is C25H21BrClFN4O6. The van der Waals surface area contributed by atoms with E-state index < -0.39 is 47.0 Å². The van der Waals surface area contributed by atoms with E-state index in [2.05, 4.69) is 26.6 Å². The Hall–Kier alpha value is -3.74. The van der Waals surface area contributed by atoms with Crippen LogP contribution in [-0.4, -0.2) is 58.3 Å². The first-order valence-electron chi connectivity index (χ1n) is 11.2. The number of benzene rings is 2. The van der Waals surface area contributed by atoms with Gasteiger partial charge in [0.1, 0.15) is 17.4 Å². The minimum absolute atomic E-state index is 0.0542. The summed E-state index contributed by atoms with van der Waals surface area (Å²) in [6, 6.07) is 9.72. The molecule has 1 aliphatic heterocycles. The quantitative estimate of drug-likeness (QED) is 0.382. The first-order chi connectivity index (χ1) is 18.1. The molecule has 2 unspecified atom stereocenters. The zero-order valence-electron chi connectivity index (χ0n) is 19.8. The van der Waals surface area contributed by atoms with Crippen molar-refractivity contribution in [2.24, 2.45) is 0 Å². The van der Waals surface area contributed by atoms with Gasteiger partial charge < -0.3 is 25.4 Å². The van der Waals surface area contributed by atoms with Gasteiger partial charge in [-0.3, -0.25) is 14.2 Å². The highest BCUT2D eigenvalue weighted by molar-refractivity contribution is 9.10. The molecule has 3 N–H and O–H groups in total. The number of rotatable bonds is 6. The first-order valence-corrected chi connectivity index (χ1v) is 12.4. The monoisotopic (exact) mass is 606 g/mol. The highest BCUT2D eigenvalue weighted by Gasteiger charge is 2.40. The van der Waals surface area contributed by atoms with Gasteiger partial charge in [-0.2, -0.15) is 0 Å². The van der Waals surface area contributed by atoms with Crippen molar-refractivity contribution in [3.63, 3.8) is 0 Å². The van der Waals surface area contributed by atoms with Gasteiger partial charge >= 0.3 is 12.0 Å². The number of urea groups is 1. The van der Waals surface area contributed by atoms with E-state index in [1.807, 2.05) is 0 Å². The van der Waals surface area contributed by atoms with Crippen LogP contribution in [0.25, 0.3) is 5.69 Å². The molecule has 3 amide bonds. The molecule has 2 aromatic carbocycles. The highest BCUT2D eigenvalue weighted by atomic mass is 79.9. The lowest BCUT2D eigenvalue weighted by molar-refractivity contribution is -0.119. The first kappa shape index (κ1) is 27.3. The molecular weight excluding hydrogens is 587 g/mol. The molecule has 1 saturated heterocycles. The maximum atomic E-state index is 15.0. The Bertz CT molecular complexity index is 1470. The molecule has 1 aromatic heterocycles. The summed E-state index contributed by atoms with van der Waals surface area (Å²) < 4.78 is 21.6. The van der Waals surface area contributed by atoms with Crippen molar-refractivity contribution < 1.29 is 28.6 Å². The lowest BCUT2D eigenvalue weighted by atomic mass is 10.1. The average Bonchev–Trinajstić information content (AvgIpc) is 3.33. The van der Waals surface area contributed by atoms with Crippen LogP contribution in [0.1, 0.15) is 16.8 Å². The number of hydrogen-bond donors (Lipinski definition) is 3. The summed E-state index contributed by atoms with van der Waals surface area (Å²) in [6.07, 6.45) is 1.10. The number of amides is 3. The molecule has 2 heterocycles. The van der Waals surface area contributed by atoms with Crippen LogP contribution < -0.4 is 16.2 Å². The number of carboxylic acid groups (broad SMARTS) is 1. The van der Waals surface area contributed by atoms with Gasteiger partial charge in [0.25, 0.3) is 5.56 Å². The van der Waals surface area contributed by atoms with Gasteiger partial charge in [-0.05, 0) is 58.4 Å². The maximum Gasteiger partial charge on any atom is 0.341 e. The fraction of sp³-hybridized carbons (Fsp3) is 0.200. The second-order valence-electron chi connectivity index (χ2n) is 8.40. The Labute approximate surface area is 229 Å². The average molecular weight is 608 g/mol. The predicted octanol–water partition coefficient (Wildman–Crippen LogP) is 4.35. The maximum absolute atomic E-state index is 15.0. The number of carboxylic acids is 1. The molecule has 4 rings (SSSR count). The summed E-state index contributed by atoms with van der Waals surface area (Å²) in [4.78, 5) is 51.2. The van der Waals surface area contributed by atoms with E-state index in [1.165, 1.54) is 30.3 Å². The topological polar surface area (TPSA) is 130 Å². The van der Waals surface area contributed by atoms with Crippen molar-refractivity contribution >= 4 is 56.8 Å². The second-order valence-corrected chi connectivity index (χ2v) is 9.76. The van der Waals surface area contributed by atoms with Crippen LogP contribution in [0.2, 0.25) is 5.02 Å². The minimum atomic E-state index is -1.43. The minimum Gasteiger partial charge on any atom is -0.477 e.